The molecule has 1 heterocycles. The number of halogens is 1. The molecule has 1 unspecified atom stereocenters. The van der Waals surface area contributed by atoms with E-state index in [0.29, 0.717) is 29.7 Å². The van der Waals surface area contributed by atoms with Gasteiger partial charge < -0.3 is 14.6 Å². The van der Waals surface area contributed by atoms with Crippen molar-refractivity contribution in [1.82, 2.24) is 14.7 Å². The first kappa shape index (κ1) is 23.1. The zero-order valence-corrected chi connectivity index (χ0v) is 19.3. The maximum Gasteiger partial charge on any atom is 0.227 e. The number of aromatic nitrogens is 2. The van der Waals surface area contributed by atoms with Crippen LogP contribution in [0.1, 0.15) is 31.5 Å². The van der Waals surface area contributed by atoms with Crippen molar-refractivity contribution < 1.29 is 14.6 Å². The summed E-state index contributed by atoms with van der Waals surface area (Å²) in [6, 6.07) is 15.0. The molecule has 0 aliphatic rings. The molecule has 0 saturated heterocycles. The zero-order valence-electron chi connectivity index (χ0n) is 18.5. The normalized spacial score (nSPS) is 12.2. The van der Waals surface area contributed by atoms with E-state index in [4.69, 9.17) is 26.2 Å². The lowest BCUT2D eigenvalue weighted by Crippen LogP contribution is -2.31. The number of nitrogens with zero attached hydrogens (tertiary/aromatic N) is 3. The van der Waals surface area contributed by atoms with E-state index < -0.39 is 6.10 Å². The second-order valence-electron chi connectivity index (χ2n) is 7.62. The van der Waals surface area contributed by atoms with Gasteiger partial charge in [0.25, 0.3) is 0 Å². The summed E-state index contributed by atoms with van der Waals surface area (Å²) in [5.74, 6) is 2.08. The van der Waals surface area contributed by atoms with Gasteiger partial charge in [0.1, 0.15) is 11.5 Å². The molecule has 2 aromatic carbocycles. The molecular weight excluding hydrogens is 414 g/mol. The second-order valence-corrected chi connectivity index (χ2v) is 8.06. The predicted molar refractivity (Wildman–Crippen MR) is 124 cm³/mol. The van der Waals surface area contributed by atoms with Gasteiger partial charge in [-0.1, -0.05) is 24.6 Å². The van der Waals surface area contributed by atoms with Crippen molar-refractivity contribution >= 4 is 11.6 Å². The fourth-order valence-electron chi connectivity index (χ4n) is 3.51. The molecule has 0 bridgehead atoms. The highest BCUT2D eigenvalue weighted by Gasteiger charge is 2.22. The minimum atomic E-state index is -0.416. The van der Waals surface area contributed by atoms with Crippen LogP contribution >= 0.6 is 11.6 Å². The van der Waals surface area contributed by atoms with Crippen LogP contribution in [0.3, 0.4) is 0 Å². The van der Waals surface area contributed by atoms with Gasteiger partial charge in [0.2, 0.25) is 5.88 Å². The van der Waals surface area contributed by atoms with Crippen LogP contribution in [-0.4, -0.2) is 46.1 Å². The Morgan fingerprint density at radius 1 is 1.16 bits per heavy atom. The summed E-state index contributed by atoms with van der Waals surface area (Å²) in [6.07, 6.45) is 0.573. The average Bonchev–Trinajstić information content (AvgIpc) is 3.04. The van der Waals surface area contributed by atoms with E-state index >= 15 is 0 Å². The maximum absolute atomic E-state index is 9.94. The Morgan fingerprint density at radius 3 is 2.48 bits per heavy atom. The van der Waals surface area contributed by atoms with Crippen LogP contribution in [0.5, 0.6) is 17.4 Å². The van der Waals surface area contributed by atoms with Gasteiger partial charge in [0, 0.05) is 18.1 Å². The summed E-state index contributed by atoms with van der Waals surface area (Å²) in [5.41, 5.74) is 2.67. The molecule has 7 heteroatoms. The zero-order chi connectivity index (χ0) is 22.4. The summed E-state index contributed by atoms with van der Waals surface area (Å²) < 4.78 is 13.4. The van der Waals surface area contributed by atoms with Crippen molar-refractivity contribution in [2.24, 2.45) is 0 Å². The van der Waals surface area contributed by atoms with Crippen molar-refractivity contribution in [3.05, 3.63) is 64.8 Å². The molecule has 3 rings (SSSR count). The molecule has 0 amide bonds. The summed E-state index contributed by atoms with van der Waals surface area (Å²) in [6.45, 7) is 7.98. The first-order valence-electron chi connectivity index (χ1n) is 10.5. The van der Waals surface area contributed by atoms with E-state index in [1.165, 1.54) is 0 Å². The van der Waals surface area contributed by atoms with E-state index in [9.17, 15) is 5.11 Å². The third-order valence-corrected chi connectivity index (χ3v) is 5.14. The maximum atomic E-state index is 9.94. The molecule has 0 radical (unpaired) electrons. The smallest absolute Gasteiger partial charge is 0.227 e. The minimum Gasteiger partial charge on any atom is -0.497 e. The first-order valence-corrected chi connectivity index (χ1v) is 10.9. The third kappa shape index (κ3) is 6.00. The molecule has 0 aliphatic carbocycles. The van der Waals surface area contributed by atoms with Crippen molar-refractivity contribution in [2.45, 2.75) is 39.8 Å². The largest absolute Gasteiger partial charge is 0.497 e. The topological polar surface area (TPSA) is 59.8 Å². The summed E-state index contributed by atoms with van der Waals surface area (Å²) in [7, 11) is 1.63. The Labute approximate surface area is 189 Å². The first-order chi connectivity index (χ1) is 14.9. The SMILES string of the molecule is CCCN(Cc1c(C)nn(-c2cccc(Cl)c2)c1Oc1ccc(OC)cc1)CC(C)O. The van der Waals surface area contributed by atoms with Crippen LogP contribution in [0.4, 0.5) is 0 Å². The van der Waals surface area contributed by atoms with E-state index in [-0.39, 0.29) is 0 Å². The molecule has 3 aromatic rings. The van der Waals surface area contributed by atoms with Gasteiger partial charge >= 0.3 is 0 Å². The molecule has 1 N–H and O–H groups in total. The number of aliphatic hydroxyl groups is 1. The Bertz CT molecular complexity index is 986. The van der Waals surface area contributed by atoms with E-state index in [1.807, 2.05) is 55.5 Å². The average molecular weight is 444 g/mol. The highest BCUT2D eigenvalue weighted by molar-refractivity contribution is 6.30. The third-order valence-electron chi connectivity index (χ3n) is 4.91. The van der Waals surface area contributed by atoms with Crippen LogP contribution in [0.15, 0.2) is 48.5 Å². The number of aliphatic hydroxyl groups excluding tert-OH is 1. The van der Waals surface area contributed by atoms with Gasteiger partial charge in [-0.15, -0.1) is 0 Å². The van der Waals surface area contributed by atoms with E-state index in [1.54, 1.807) is 18.7 Å². The number of hydrogen-bond donors (Lipinski definition) is 1. The number of benzene rings is 2. The molecular formula is C24H30ClN3O3. The Morgan fingerprint density at radius 2 is 1.87 bits per heavy atom. The van der Waals surface area contributed by atoms with Crippen LogP contribution in [0.2, 0.25) is 5.02 Å². The number of aryl methyl sites for hydroxylation is 1. The molecule has 6 nitrogen and oxygen atoms in total. The van der Waals surface area contributed by atoms with Crippen molar-refractivity contribution in [3.8, 4) is 23.1 Å². The Balaban J connectivity index is 2.03. The second kappa shape index (κ2) is 10.7. The van der Waals surface area contributed by atoms with Crippen LogP contribution < -0.4 is 9.47 Å². The number of hydrogen-bond acceptors (Lipinski definition) is 5. The highest BCUT2D eigenvalue weighted by Crippen LogP contribution is 2.33. The van der Waals surface area contributed by atoms with E-state index in [0.717, 1.165) is 35.7 Å². The molecule has 31 heavy (non-hydrogen) atoms. The lowest BCUT2D eigenvalue weighted by atomic mass is 10.2. The molecule has 1 aromatic heterocycles. The number of ether oxygens (including phenoxy) is 2. The Hall–Kier alpha value is -2.54. The standard InChI is InChI=1S/C24H30ClN3O3/c1-5-13-27(15-17(2)29)16-23-18(3)26-28(20-8-6-7-19(25)14-20)24(23)31-22-11-9-21(30-4)10-12-22/h6-12,14,17,29H,5,13,15-16H2,1-4H3. The molecule has 1 atom stereocenters. The fraction of sp³-hybridized carbons (Fsp3) is 0.375. The van der Waals surface area contributed by atoms with Gasteiger partial charge in [-0.3, -0.25) is 4.90 Å². The summed E-state index contributed by atoms with van der Waals surface area (Å²) in [4.78, 5) is 2.22. The number of methoxy groups -OCH3 is 1. The predicted octanol–water partition coefficient (Wildman–Crippen LogP) is 5.23. The van der Waals surface area contributed by atoms with Gasteiger partial charge in [0.05, 0.1) is 30.2 Å². The molecule has 166 valence electrons. The molecule has 0 spiro atoms. The lowest BCUT2D eigenvalue weighted by molar-refractivity contribution is 0.122. The quantitative estimate of drug-likeness (QED) is 0.465. The Kier molecular flexibility index (Phi) is 7.96. The highest BCUT2D eigenvalue weighted by atomic mass is 35.5. The minimum absolute atomic E-state index is 0.416. The van der Waals surface area contributed by atoms with Crippen LogP contribution in [0.25, 0.3) is 5.69 Å². The van der Waals surface area contributed by atoms with Crippen molar-refractivity contribution in [3.63, 3.8) is 0 Å². The van der Waals surface area contributed by atoms with Gasteiger partial charge in [-0.05, 0) is 69.3 Å². The monoisotopic (exact) mass is 443 g/mol. The van der Waals surface area contributed by atoms with E-state index in [2.05, 4.69) is 11.8 Å². The molecule has 0 saturated carbocycles. The summed E-state index contributed by atoms with van der Waals surface area (Å²) >= 11 is 6.24. The summed E-state index contributed by atoms with van der Waals surface area (Å²) in [5, 5.41) is 15.3. The van der Waals surface area contributed by atoms with Crippen LogP contribution in [0, 0.1) is 6.92 Å². The van der Waals surface area contributed by atoms with Crippen LogP contribution in [-0.2, 0) is 6.54 Å². The van der Waals surface area contributed by atoms with Crippen molar-refractivity contribution in [2.75, 3.05) is 20.2 Å². The lowest BCUT2D eigenvalue weighted by Gasteiger charge is -2.23. The number of rotatable bonds is 10. The molecule has 0 fully saturated rings. The van der Waals surface area contributed by atoms with Crippen molar-refractivity contribution in [1.29, 1.82) is 0 Å². The molecule has 0 aliphatic heterocycles. The van der Waals surface area contributed by atoms with Gasteiger partial charge in [0.15, 0.2) is 0 Å². The van der Waals surface area contributed by atoms with Gasteiger partial charge in [-0.2, -0.15) is 5.10 Å². The fourth-order valence-corrected chi connectivity index (χ4v) is 3.70. The van der Waals surface area contributed by atoms with Gasteiger partial charge in [-0.25, -0.2) is 4.68 Å².